The lowest BCUT2D eigenvalue weighted by Crippen LogP contribution is -2.47. The van der Waals surface area contributed by atoms with E-state index in [1.54, 1.807) is 18.2 Å². The molecule has 3 amide bonds. The number of carbonyl (C=O) groups is 2. The number of carbonyl (C=O) groups excluding carboxylic acids is 2. The van der Waals surface area contributed by atoms with Gasteiger partial charge in [-0.15, -0.1) is 4.28 Å². The second-order valence-corrected chi connectivity index (χ2v) is 6.42. The van der Waals surface area contributed by atoms with Crippen LogP contribution in [-0.4, -0.2) is 48.9 Å². The first-order valence-corrected chi connectivity index (χ1v) is 8.29. The third kappa shape index (κ3) is 3.08. The Kier molecular flexibility index (Phi) is 3.86. The first kappa shape index (κ1) is 15.6. The van der Waals surface area contributed by atoms with Crippen molar-refractivity contribution in [2.45, 2.75) is 24.9 Å². The van der Waals surface area contributed by atoms with Gasteiger partial charge in [-0.2, -0.15) is 13.5 Å². The van der Waals surface area contributed by atoms with E-state index in [-0.39, 0.29) is 12.3 Å². The minimum atomic E-state index is -4.47. The average Bonchev–Trinajstić information content (AvgIpc) is 2.72. The predicted molar refractivity (Wildman–Crippen MR) is 77.0 cm³/mol. The maximum Gasteiger partial charge on any atom is 0.470 e. The first-order valence-electron chi connectivity index (χ1n) is 6.95. The van der Waals surface area contributed by atoms with Gasteiger partial charge in [0.1, 0.15) is 11.8 Å². The fourth-order valence-electron chi connectivity index (χ4n) is 2.73. The molecular weight excluding hydrogens is 326 g/mol. The van der Waals surface area contributed by atoms with Crippen LogP contribution in [0.25, 0.3) is 0 Å². The van der Waals surface area contributed by atoms with Crippen LogP contribution in [0, 0.1) is 0 Å². The minimum absolute atomic E-state index is 0.0671. The van der Waals surface area contributed by atoms with Crippen LogP contribution in [0.15, 0.2) is 30.3 Å². The van der Waals surface area contributed by atoms with E-state index in [4.69, 9.17) is 14.2 Å². The highest BCUT2D eigenvalue weighted by Gasteiger charge is 2.49. The third-order valence-electron chi connectivity index (χ3n) is 3.76. The van der Waals surface area contributed by atoms with Gasteiger partial charge >= 0.3 is 16.4 Å². The van der Waals surface area contributed by atoms with Crippen LogP contribution in [0.5, 0.6) is 5.75 Å². The molecule has 2 saturated heterocycles. The number of hydrogen-bond acceptors (Lipinski definition) is 6. The number of urea groups is 1. The highest BCUT2D eigenvalue weighted by atomic mass is 32.3. The average molecular weight is 341 g/mol. The lowest BCUT2D eigenvalue weighted by Gasteiger charge is -2.27. The molecule has 10 heteroatoms. The summed E-state index contributed by atoms with van der Waals surface area (Å²) in [6.45, 7) is 0.188. The number of benzene rings is 1. The standard InChI is InChI=1S/C13H15N3O6S/c14-12(17)11-7-6-9-8-15(11)13(18)16(9)22-23(19,20)21-10-4-2-1-3-5-10/h1-5,9,11H,6-8H2,(H2,14,17)/t9?,11-/m0/s1. The van der Waals surface area contributed by atoms with Gasteiger partial charge in [0.25, 0.3) is 0 Å². The molecule has 0 saturated carbocycles. The van der Waals surface area contributed by atoms with E-state index in [0.717, 1.165) is 5.06 Å². The predicted octanol–water partition coefficient (Wildman–Crippen LogP) is -0.00430. The van der Waals surface area contributed by atoms with Gasteiger partial charge in [0.15, 0.2) is 0 Å². The zero-order valence-corrected chi connectivity index (χ0v) is 12.8. The molecule has 2 bridgehead atoms. The van der Waals surface area contributed by atoms with Crippen LogP contribution in [0.4, 0.5) is 4.79 Å². The Morgan fingerprint density at radius 3 is 2.57 bits per heavy atom. The Morgan fingerprint density at radius 2 is 1.91 bits per heavy atom. The van der Waals surface area contributed by atoms with E-state index < -0.39 is 34.4 Å². The number of nitrogens with two attached hydrogens (primary N) is 1. The molecule has 1 aromatic rings. The molecular formula is C13H15N3O6S. The summed E-state index contributed by atoms with van der Waals surface area (Å²) >= 11 is 0. The number of nitrogens with zero attached hydrogens (tertiary/aromatic N) is 2. The van der Waals surface area contributed by atoms with Gasteiger partial charge in [-0.3, -0.25) is 4.79 Å². The van der Waals surface area contributed by atoms with E-state index in [1.165, 1.54) is 17.0 Å². The van der Waals surface area contributed by atoms with E-state index in [9.17, 15) is 18.0 Å². The maximum atomic E-state index is 12.2. The molecule has 3 rings (SSSR count). The number of hydroxylamine groups is 2. The van der Waals surface area contributed by atoms with Gasteiger partial charge in [-0.1, -0.05) is 18.2 Å². The van der Waals surface area contributed by atoms with Crippen molar-refractivity contribution in [2.75, 3.05) is 6.54 Å². The number of rotatable bonds is 5. The van der Waals surface area contributed by atoms with Crippen molar-refractivity contribution in [1.29, 1.82) is 0 Å². The summed E-state index contributed by atoms with van der Waals surface area (Å²) in [7, 11) is -4.47. The zero-order chi connectivity index (χ0) is 16.6. The molecule has 124 valence electrons. The molecule has 0 spiro atoms. The van der Waals surface area contributed by atoms with Crippen molar-refractivity contribution in [3.63, 3.8) is 0 Å². The zero-order valence-electron chi connectivity index (χ0n) is 12.0. The van der Waals surface area contributed by atoms with Crippen molar-refractivity contribution in [3.05, 3.63) is 30.3 Å². The topological polar surface area (TPSA) is 119 Å². The van der Waals surface area contributed by atoms with Gasteiger partial charge in [0.05, 0.1) is 6.04 Å². The molecule has 2 N–H and O–H groups in total. The van der Waals surface area contributed by atoms with Gasteiger partial charge in [0, 0.05) is 6.54 Å². The normalized spacial score (nSPS) is 23.9. The number of hydrogen-bond donors (Lipinski definition) is 1. The van der Waals surface area contributed by atoms with Crippen LogP contribution < -0.4 is 9.92 Å². The Hall–Kier alpha value is -2.33. The maximum absolute atomic E-state index is 12.2. The molecule has 2 aliphatic heterocycles. The van der Waals surface area contributed by atoms with Crippen molar-refractivity contribution < 1.29 is 26.5 Å². The van der Waals surface area contributed by atoms with Crippen molar-refractivity contribution >= 4 is 22.3 Å². The molecule has 2 heterocycles. The SMILES string of the molecule is NC(=O)[C@@H]1CCC2CN1C(=O)N2OS(=O)(=O)Oc1ccccc1. The monoisotopic (exact) mass is 341 g/mol. The highest BCUT2D eigenvalue weighted by Crippen LogP contribution is 2.30. The quantitative estimate of drug-likeness (QED) is 0.805. The molecule has 1 aromatic carbocycles. The largest absolute Gasteiger partial charge is 0.470 e. The fraction of sp³-hybridized carbons (Fsp3) is 0.385. The Labute approximate surface area is 132 Å². The summed E-state index contributed by atoms with van der Waals surface area (Å²) in [6.07, 6.45) is 0.780. The number of fused-ring (bicyclic) bond motifs is 2. The summed E-state index contributed by atoms with van der Waals surface area (Å²) in [5, 5.41) is 0.737. The lowest BCUT2D eigenvalue weighted by molar-refractivity contribution is -0.122. The van der Waals surface area contributed by atoms with E-state index in [0.29, 0.717) is 12.8 Å². The number of para-hydroxylation sites is 1. The van der Waals surface area contributed by atoms with Gasteiger partial charge < -0.3 is 14.8 Å². The highest BCUT2D eigenvalue weighted by molar-refractivity contribution is 7.82. The first-order chi connectivity index (χ1) is 10.9. The van der Waals surface area contributed by atoms with Gasteiger partial charge in [-0.25, -0.2) is 4.79 Å². The molecule has 9 nitrogen and oxygen atoms in total. The molecule has 2 atom stereocenters. The summed E-state index contributed by atoms with van der Waals surface area (Å²) in [5.41, 5.74) is 5.25. The number of piperidine rings is 1. The summed E-state index contributed by atoms with van der Waals surface area (Å²) in [5.74, 6) is -0.556. The molecule has 23 heavy (non-hydrogen) atoms. The van der Waals surface area contributed by atoms with Crippen LogP contribution in [0.2, 0.25) is 0 Å². The van der Waals surface area contributed by atoms with E-state index >= 15 is 0 Å². The number of primary amides is 1. The fourth-order valence-corrected chi connectivity index (χ4v) is 3.49. The summed E-state index contributed by atoms with van der Waals surface area (Å²) in [6, 6.07) is 5.86. The molecule has 1 unspecified atom stereocenters. The van der Waals surface area contributed by atoms with Crippen LogP contribution in [0.3, 0.4) is 0 Å². The summed E-state index contributed by atoms with van der Waals surface area (Å²) < 4.78 is 33.5. The Bertz CT molecular complexity index is 722. The van der Waals surface area contributed by atoms with E-state index in [1.807, 2.05) is 0 Å². The van der Waals surface area contributed by atoms with Gasteiger partial charge in [0.2, 0.25) is 5.91 Å². The molecule has 0 aromatic heterocycles. The molecule has 2 fully saturated rings. The minimum Gasteiger partial charge on any atom is -0.368 e. The van der Waals surface area contributed by atoms with E-state index in [2.05, 4.69) is 0 Å². The van der Waals surface area contributed by atoms with Crippen molar-refractivity contribution in [1.82, 2.24) is 9.96 Å². The second kappa shape index (κ2) is 5.70. The Balaban J connectivity index is 1.73. The van der Waals surface area contributed by atoms with Crippen LogP contribution >= 0.6 is 0 Å². The Morgan fingerprint density at radius 1 is 1.22 bits per heavy atom. The molecule has 0 radical (unpaired) electrons. The van der Waals surface area contributed by atoms with Gasteiger partial charge in [-0.05, 0) is 25.0 Å². The second-order valence-electron chi connectivity index (χ2n) is 5.29. The summed E-state index contributed by atoms with van der Waals surface area (Å²) in [4.78, 5) is 24.8. The molecule has 0 aliphatic carbocycles. The van der Waals surface area contributed by atoms with Crippen molar-refractivity contribution in [2.24, 2.45) is 5.73 Å². The lowest BCUT2D eigenvalue weighted by atomic mass is 10.0. The van der Waals surface area contributed by atoms with Crippen LogP contribution in [0.1, 0.15) is 12.8 Å². The smallest absolute Gasteiger partial charge is 0.368 e. The number of amides is 3. The molecule has 2 aliphatic rings. The van der Waals surface area contributed by atoms with Crippen LogP contribution in [-0.2, 0) is 19.5 Å². The van der Waals surface area contributed by atoms with Crippen molar-refractivity contribution in [3.8, 4) is 5.75 Å². The third-order valence-corrected chi connectivity index (χ3v) is 4.50.